The van der Waals surface area contributed by atoms with E-state index in [1.807, 2.05) is 42.5 Å². The maximum atomic E-state index is 13.2. The second kappa shape index (κ2) is 8.78. The highest BCUT2D eigenvalue weighted by Gasteiger charge is 2.39. The summed E-state index contributed by atoms with van der Waals surface area (Å²) in [4.78, 5) is 30.7. The van der Waals surface area contributed by atoms with Crippen molar-refractivity contribution in [1.29, 1.82) is 0 Å². The number of hydrogen-bond acceptors (Lipinski definition) is 5. The Morgan fingerprint density at radius 2 is 1.62 bits per heavy atom. The minimum Gasteiger partial charge on any atom is -0.497 e. The number of hydrogen-bond donors (Lipinski definition) is 0. The fraction of sp³-hybridized carbons (Fsp3) is 0.417. The molecular weight excluding hydrogens is 364 g/mol. The van der Waals surface area contributed by atoms with Gasteiger partial charge in [-0.2, -0.15) is 0 Å². The summed E-state index contributed by atoms with van der Waals surface area (Å²) in [6.07, 6.45) is 2.47. The van der Waals surface area contributed by atoms with E-state index in [1.165, 1.54) is 5.69 Å². The van der Waals surface area contributed by atoms with Crippen LogP contribution in [0, 0.1) is 5.92 Å². The Bertz CT molecular complexity index is 842. The third kappa shape index (κ3) is 4.20. The van der Waals surface area contributed by atoms with Gasteiger partial charge < -0.3 is 9.64 Å². The lowest BCUT2D eigenvalue weighted by Gasteiger charge is -2.42. The van der Waals surface area contributed by atoms with Crippen LogP contribution in [0.15, 0.2) is 54.6 Å². The van der Waals surface area contributed by atoms with Crippen molar-refractivity contribution >= 4 is 17.3 Å². The average molecular weight is 392 g/mol. The summed E-state index contributed by atoms with van der Waals surface area (Å²) in [6, 6.07) is 17.2. The Morgan fingerprint density at radius 3 is 2.28 bits per heavy atom. The van der Waals surface area contributed by atoms with Gasteiger partial charge in [0.15, 0.2) is 11.6 Å². The summed E-state index contributed by atoms with van der Waals surface area (Å²) in [6.45, 7) is 3.45. The number of nitrogens with zero attached hydrogens (tertiary/aromatic N) is 2. The first-order chi connectivity index (χ1) is 14.2. The molecule has 2 aromatic rings. The molecule has 2 aliphatic rings. The van der Waals surface area contributed by atoms with Gasteiger partial charge >= 0.3 is 0 Å². The molecule has 2 fully saturated rings. The quantitative estimate of drug-likeness (QED) is 0.576. The smallest absolute Gasteiger partial charge is 0.173 e. The van der Waals surface area contributed by atoms with Crippen LogP contribution < -0.4 is 9.64 Å². The zero-order valence-corrected chi connectivity index (χ0v) is 16.9. The Hall–Kier alpha value is -2.66. The molecule has 0 aromatic heterocycles. The van der Waals surface area contributed by atoms with Gasteiger partial charge in [-0.25, -0.2) is 0 Å². The van der Waals surface area contributed by atoms with Crippen LogP contribution in [0.4, 0.5) is 5.69 Å². The molecule has 0 spiro atoms. The summed E-state index contributed by atoms with van der Waals surface area (Å²) in [5, 5.41) is 0. The predicted octanol–water partition coefficient (Wildman–Crippen LogP) is 3.44. The third-order valence-corrected chi connectivity index (χ3v) is 6.21. The zero-order valence-electron chi connectivity index (χ0n) is 16.9. The van der Waals surface area contributed by atoms with E-state index in [9.17, 15) is 9.59 Å². The number of carbonyl (C=O) groups is 2. The van der Waals surface area contributed by atoms with Crippen LogP contribution in [-0.4, -0.2) is 55.8 Å². The highest BCUT2D eigenvalue weighted by atomic mass is 16.5. The number of methoxy groups -OCH3 is 1. The first-order valence-corrected chi connectivity index (χ1v) is 10.4. The maximum absolute atomic E-state index is 13.2. The number of benzene rings is 2. The van der Waals surface area contributed by atoms with E-state index in [4.69, 9.17) is 4.74 Å². The summed E-state index contributed by atoms with van der Waals surface area (Å²) in [5.74, 6) is 0.463. The molecule has 2 unspecified atom stereocenters. The van der Waals surface area contributed by atoms with Gasteiger partial charge in [-0.3, -0.25) is 14.5 Å². The second-order valence-corrected chi connectivity index (χ2v) is 7.85. The topological polar surface area (TPSA) is 49.9 Å². The van der Waals surface area contributed by atoms with Crippen molar-refractivity contribution in [2.45, 2.75) is 25.3 Å². The molecule has 152 valence electrons. The molecule has 5 nitrogen and oxygen atoms in total. The van der Waals surface area contributed by atoms with E-state index in [2.05, 4.69) is 21.9 Å². The zero-order chi connectivity index (χ0) is 20.2. The predicted molar refractivity (Wildman–Crippen MR) is 114 cm³/mol. The minimum atomic E-state index is -0.490. The Balaban J connectivity index is 1.38. The Labute approximate surface area is 172 Å². The largest absolute Gasteiger partial charge is 0.497 e. The standard InChI is InChI=1S/C24H28N2O3/c1-29-20-12-10-19(11-13-20)25-14-16-26(17-15-25)22-9-5-8-21(24(22)28)23(27)18-6-3-2-4-7-18/h2-4,6-7,10-13,21-22H,5,8-9,14-17H2,1H3. The van der Waals surface area contributed by atoms with Gasteiger partial charge in [0, 0.05) is 37.4 Å². The molecule has 0 amide bonds. The number of piperazine rings is 1. The number of ether oxygens (including phenoxy) is 1. The molecule has 0 N–H and O–H groups in total. The molecule has 29 heavy (non-hydrogen) atoms. The molecule has 1 saturated carbocycles. The molecule has 1 aliphatic carbocycles. The fourth-order valence-corrected chi connectivity index (χ4v) is 4.54. The van der Waals surface area contributed by atoms with Gasteiger partial charge in [-0.05, 0) is 37.1 Å². The normalized spacial score (nSPS) is 23.1. The molecule has 5 heteroatoms. The molecule has 1 heterocycles. The van der Waals surface area contributed by atoms with Crippen molar-refractivity contribution in [2.24, 2.45) is 5.92 Å². The van der Waals surface area contributed by atoms with Crippen LogP contribution >= 0.6 is 0 Å². The molecule has 1 saturated heterocycles. The number of Topliss-reactive ketones (excluding diaryl/α,β-unsaturated/α-hetero) is 2. The van der Waals surface area contributed by atoms with E-state index in [-0.39, 0.29) is 17.6 Å². The lowest BCUT2D eigenvalue weighted by atomic mass is 9.79. The van der Waals surface area contributed by atoms with Crippen LogP contribution in [-0.2, 0) is 4.79 Å². The van der Waals surface area contributed by atoms with Crippen LogP contribution in [0.25, 0.3) is 0 Å². The first-order valence-electron chi connectivity index (χ1n) is 10.4. The van der Waals surface area contributed by atoms with Crippen LogP contribution in [0.5, 0.6) is 5.75 Å². The van der Waals surface area contributed by atoms with Crippen molar-refractivity contribution < 1.29 is 14.3 Å². The van der Waals surface area contributed by atoms with Crippen molar-refractivity contribution in [3.8, 4) is 5.75 Å². The van der Waals surface area contributed by atoms with Gasteiger partial charge in [-0.15, -0.1) is 0 Å². The number of anilines is 1. The van der Waals surface area contributed by atoms with E-state index in [0.29, 0.717) is 12.0 Å². The van der Waals surface area contributed by atoms with Crippen molar-refractivity contribution in [3.05, 3.63) is 60.2 Å². The summed E-state index contributed by atoms with van der Waals surface area (Å²) in [7, 11) is 1.67. The lowest BCUT2D eigenvalue weighted by Crippen LogP contribution is -2.55. The van der Waals surface area contributed by atoms with Crippen LogP contribution in [0.2, 0.25) is 0 Å². The molecule has 2 atom stereocenters. The monoisotopic (exact) mass is 392 g/mol. The average Bonchev–Trinajstić information content (AvgIpc) is 2.80. The summed E-state index contributed by atoms with van der Waals surface area (Å²) in [5.41, 5.74) is 1.83. The molecule has 1 aliphatic heterocycles. The SMILES string of the molecule is COc1ccc(N2CCN(C3CCCC(C(=O)c4ccccc4)C3=O)CC2)cc1. The highest BCUT2D eigenvalue weighted by Crippen LogP contribution is 2.29. The van der Waals surface area contributed by atoms with E-state index in [1.54, 1.807) is 7.11 Å². The van der Waals surface area contributed by atoms with Gasteiger partial charge in [0.2, 0.25) is 0 Å². The van der Waals surface area contributed by atoms with Gasteiger partial charge in [-0.1, -0.05) is 36.8 Å². The summed E-state index contributed by atoms with van der Waals surface area (Å²) >= 11 is 0. The van der Waals surface area contributed by atoms with Crippen LogP contribution in [0.1, 0.15) is 29.6 Å². The van der Waals surface area contributed by atoms with Gasteiger partial charge in [0.1, 0.15) is 5.75 Å². The Kier molecular flexibility index (Phi) is 5.95. The molecule has 0 bridgehead atoms. The highest BCUT2D eigenvalue weighted by molar-refractivity contribution is 6.12. The lowest BCUT2D eigenvalue weighted by molar-refractivity contribution is -0.129. The van der Waals surface area contributed by atoms with E-state index < -0.39 is 5.92 Å². The second-order valence-electron chi connectivity index (χ2n) is 7.85. The molecule has 4 rings (SSSR count). The number of rotatable bonds is 5. The summed E-state index contributed by atoms with van der Waals surface area (Å²) < 4.78 is 5.23. The minimum absolute atomic E-state index is 0.0165. The fourth-order valence-electron chi connectivity index (χ4n) is 4.54. The van der Waals surface area contributed by atoms with Crippen molar-refractivity contribution in [3.63, 3.8) is 0 Å². The Morgan fingerprint density at radius 1 is 0.931 bits per heavy atom. The molecule has 0 radical (unpaired) electrons. The van der Waals surface area contributed by atoms with E-state index in [0.717, 1.165) is 44.8 Å². The van der Waals surface area contributed by atoms with Crippen molar-refractivity contribution in [2.75, 3.05) is 38.2 Å². The third-order valence-electron chi connectivity index (χ3n) is 6.21. The van der Waals surface area contributed by atoms with Gasteiger partial charge in [0.05, 0.1) is 19.1 Å². The van der Waals surface area contributed by atoms with Crippen LogP contribution in [0.3, 0.4) is 0 Å². The molecular formula is C24H28N2O3. The maximum Gasteiger partial charge on any atom is 0.173 e. The number of carbonyl (C=O) groups excluding carboxylic acids is 2. The molecule has 2 aromatic carbocycles. The van der Waals surface area contributed by atoms with E-state index >= 15 is 0 Å². The van der Waals surface area contributed by atoms with Gasteiger partial charge in [0.25, 0.3) is 0 Å². The van der Waals surface area contributed by atoms with Crippen molar-refractivity contribution in [1.82, 2.24) is 4.90 Å². The first kappa shape index (κ1) is 19.6. The number of ketones is 2.